The number of hydrogen-bond donors (Lipinski definition) is 0. The maximum atomic E-state index is 5.23. The lowest BCUT2D eigenvalue weighted by atomic mass is 9.96. The second kappa shape index (κ2) is 66.8. The van der Waals surface area contributed by atoms with Crippen LogP contribution >= 0.6 is 0 Å². The summed E-state index contributed by atoms with van der Waals surface area (Å²) in [6.45, 7) is 60.5. The average Bonchev–Trinajstić information content (AvgIpc) is 1.80. The van der Waals surface area contributed by atoms with Gasteiger partial charge >= 0.3 is 0 Å². The predicted octanol–water partition coefficient (Wildman–Crippen LogP) is 34.0. The van der Waals surface area contributed by atoms with Gasteiger partial charge in [-0.05, 0) is 123 Å². The number of pyridine rings is 3. The molecule has 8 aromatic carbocycles. The van der Waals surface area contributed by atoms with E-state index >= 15 is 0 Å². The van der Waals surface area contributed by atoms with Crippen LogP contribution in [0.3, 0.4) is 0 Å². The van der Waals surface area contributed by atoms with Crippen LogP contribution in [0.15, 0.2) is 335 Å². The molecule has 1 aliphatic heterocycles. The van der Waals surface area contributed by atoms with Crippen LogP contribution in [0.25, 0.3) is 56.3 Å². The number of methoxy groups -OCH3 is 1. The van der Waals surface area contributed by atoms with Crippen LogP contribution in [-0.4, -0.2) is 38.1 Å². The number of nitrogens with zero attached hydrogens (tertiary/aromatic N) is 6. The molecule has 0 radical (unpaired) electrons. The van der Waals surface area contributed by atoms with Crippen LogP contribution in [0.2, 0.25) is 0 Å². The smallest absolute Gasteiger partial charge is 0.139 e. The Balaban J connectivity index is 0.00000132. The molecule has 0 bridgehead atoms. The highest BCUT2D eigenvalue weighted by Crippen LogP contribution is 2.30. The minimum atomic E-state index is 0.361. The highest BCUT2D eigenvalue weighted by Gasteiger charge is 2.19. The molecule has 0 fully saturated rings. The van der Waals surface area contributed by atoms with E-state index in [2.05, 4.69) is 280 Å². The molecule has 0 atom stereocenters. The van der Waals surface area contributed by atoms with Crippen molar-refractivity contribution in [1.82, 2.24) is 25.3 Å². The molecule has 0 unspecified atom stereocenters. The van der Waals surface area contributed by atoms with E-state index in [-0.39, 0.29) is 0 Å². The Morgan fingerprint density at radius 2 is 0.580 bits per heavy atom. The van der Waals surface area contributed by atoms with Crippen LogP contribution in [0.5, 0.6) is 5.75 Å². The topological polar surface area (TPSA) is 112 Å². The minimum absolute atomic E-state index is 0.361. The number of allylic oxidation sites excluding steroid dienone is 2. The Kier molecular flexibility index (Phi) is 60.5. The van der Waals surface area contributed by atoms with Crippen LogP contribution in [0.4, 0.5) is 0 Å². The molecule has 0 aliphatic carbocycles. The quantitative estimate of drug-likeness (QED) is 0.106. The van der Waals surface area contributed by atoms with Gasteiger partial charge in [0.05, 0.1) is 29.9 Å². The second-order valence-electron chi connectivity index (χ2n) is 27.7. The van der Waals surface area contributed by atoms with E-state index in [1.54, 1.807) is 13.3 Å². The fourth-order valence-corrected chi connectivity index (χ4v) is 10.7. The van der Waals surface area contributed by atoms with Gasteiger partial charge in [0.2, 0.25) is 0 Å². The Morgan fingerprint density at radius 1 is 0.269 bits per heavy atom. The fraction of sp³-hybridized carbons (Fsp3) is 0.345. The molecule has 0 saturated carbocycles. The monoisotopic (exact) mass is 1600 g/mol. The van der Waals surface area contributed by atoms with Gasteiger partial charge in [-0.2, -0.15) is 0 Å². The van der Waals surface area contributed by atoms with Crippen molar-refractivity contribution in [3.05, 3.63) is 360 Å². The van der Waals surface area contributed by atoms with Gasteiger partial charge in [-0.25, -0.2) is 0 Å². The summed E-state index contributed by atoms with van der Waals surface area (Å²) in [6.07, 6.45) is 6.56. The first-order valence-corrected chi connectivity index (χ1v) is 43.8. The van der Waals surface area contributed by atoms with Crippen LogP contribution in [0.1, 0.15) is 282 Å². The number of benzene rings is 8. The summed E-state index contributed by atoms with van der Waals surface area (Å²) >= 11 is 0. The van der Waals surface area contributed by atoms with E-state index in [0.717, 1.165) is 57.7 Å². The van der Waals surface area contributed by atoms with Crippen molar-refractivity contribution in [3.8, 4) is 62.0 Å². The summed E-state index contributed by atoms with van der Waals surface area (Å²) in [4.78, 5) is 17.7. The Labute approximate surface area is 723 Å². The summed E-state index contributed by atoms with van der Waals surface area (Å²) in [5.74, 6) is 6.49. The first-order chi connectivity index (χ1) is 57.8. The van der Waals surface area contributed by atoms with Crippen molar-refractivity contribution in [3.63, 3.8) is 0 Å². The molecule has 0 N–H and O–H groups in total. The van der Waals surface area contributed by atoms with E-state index < -0.39 is 0 Å². The summed E-state index contributed by atoms with van der Waals surface area (Å²) < 4.78 is 15.3. The van der Waals surface area contributed by atoms with E-state index in [0.29, 0.717) is 41.4 Å². The molecule has 1 aliphatic rings. The lowest BCUT2D eigenvalue weighted by molar-refractivity contribution is 0.373. The predicted molar refractivity (Wildman–Crippen MR) is 521 cm³/mol. The zero-order valence-corrected chi connectivity index (χ0v) is 78.6. The number of aliphatic imine (C=N–C) groups is 1. The van der Waals surface area contributed by atoms with Crippen LogP contribution < -0.4 is 4.74 Å². The standard InChI is InChI=1S/C15H16.C14H17N.2C14H15N.C12H13NO.C11H12N2O.C9H12.C7H8O.7C2H6/c1-12(2)13-8-10-15(11-9-13)14-6-4-3-5-7-14;1-10(2)13-9-14(15-11(13)3)12-7-5-4-6-8-12;1-11(2)12-6-8-13(9-7-12)14-5-3-4-10-15-14;1-11(2)13-8-9-14(15-10-13)12-6-4-3-5-7-12;1-9(2)12-8-11(13-14-12)10-6-4-3-5-7-10;1-8(2)11-7-10(13-14-11)9-5-3-4-6-12-9;1-8(2)9-6-4-3-5-7-9;1-8-7-5-3-2-4-6-7;7*1-2/h3-12H,1-2H3;4-8,10H,9H2,1-3H3;2*3-11H,1-2H3;3-9H,1-2H3;3-8H,1-2H3;3-8H,1-2H3;2-6H,1H3;7*1-2H3. The summed E-state index contributed by atoms with van der Waals surface area (Å²) in [5.41, 5.74) is 21.3. The molecule has 13 aromatic rings. The average molecular weight is 1600 g/mol. The molecule has 0 amide bonds. The summed E-state index contributed by atoms with van der Waals surface area (Å²) in [6, 6.07) is 98.8. The molecule has 0 spiro atoms. The van der Waals surface area contributed by atoms with Gasteiger partial charge in [0, 0.05) is 71.4 Å². The van der Waals surface area contributed by atoms with Crippen LogP contribution in [-0.2, 0) is 0 Å². The van der Waals surface area contributed by atoms with Crippen molar-refractivity contribution >= 4 is 5.71 Å². The third-order valence-corrected chi connectivity index (χ3v) is 17.3. The number of rotatable bonds is 14. The molecule has 0 saturated heterocycles. The zero-order valence-electron chi connectivity index (χ0n) is 78.6. The van der Waals surface area contributed by atoms with Gasteiger partial charge in [-0.1, -0.05) is 441 Å². The lowest BCUT2D eigenvalue weighted by Gasteiger charge is -2.07. The van der Waals surface area contributed by atoms with Crippen molar-refractivity contribution in [2.75, 3.05) is 7.11 Å². The van der Waals surface area contributed by atoms with Gasteiger partial charge in [0.15, 0.2) is 0 Å². The number of aromatic nitrogens is 5. The van der Waals surface area contributed by atoms with Crippen molar-refractivity contribution < 1.29 is 13.8 Å². The molecule has 6 heterocycles. The molecular formula is C110H150N6O3. The van der Waals surface area contributed by atoms with Crippen molar-refractivity contribution in [2.24, 2.45) is 10.9 Å². The summed E-state index contributed by atoms with van der Waals surface area (Å²) in [5, 5.41) is 8.00. The SMILES string of the molecule is CC.CC.CC.CC.CC.CC.CC.CC(C)c1cc(-c2ccccc2)no1.CC(C)c1cc(-c2ccccn2)no1.CC(C)c1ccc(-c2ccccc2)cc1.CC(C)c1ccc(-c2ccccc2)nc1.CC(C)c1ccc(-c2ccccn2)cc1.CC(C)c1ccccc1.CC1=C(C(C)C)CC(c2ccccc2)=N1.COc1ccccc1. The van der Waals surface area contributed by atoms with Gasteiger partial charge in [0.1, 0.15) is 28.7 Å². The largest absolute Gasteiger partial charge is 0.497 e. The van der Waals surface area contributed by atoms with Crippen molar-refractivity contribution in [1.29, 1.82) is 0 Å². The minimum Gasteiger partial charge on any atom is -0.497 e. The maximum Gasteiger partial charge on any atom is 0.139 e. The van der Waals surface area contributed by atoms with Gasteiger partial charge in [-0.3, -0.25) is 19.9 Å². The molecule has 14 rings (SSSR count). The maximum absolute atomic E-state index is 5.23. The summed E-state index contributed by atoms with van der Waals surface area (Å²) in [7, 11) is 1.66. The first kappa shape index (κ1) is 108. The lowest BCUT2D eigenvalue weighted by Crippen LogP contribution is -2.00. The fourth-order valence-electron chi connectivity index (χ4n) is 10.7. The van der Waals surface area contributed by atoms with Crippen LogP contribution in [0, 0.1) is 5.92 Å². The Hall–Kier alpha value is -11.2. The van der Waals surface area contributed by atoms with E-state index in [4.69, 9.17) is 13.8 Å². The highest BCUT2D eigenvalue weighted by atomic mass is 16.5. The van der Waals surface area contributed by atoms with E-state index in [1.165, 1.54) is 67.1 Å². The molecule has 119 heavy (non-hydrogen) atoms. The second-order valence-corrected chi connectivity index (χ2v) is 27.7. The number of hydrogen-bond acceptors (Lipinski definition) is 9. The van der Waals surface area contributed by atoms with E-state index in [9.17, 15) is 0 Å². The first-order valence-electron chi connectivity index (χ1n) is 43.8. The molecule has 9 heteroatoms. The van der Waals surface area contributed by atoms with Crippen molar-refractivity contribution in [2.45, 2.75) is 243 Å². The third-order valence-electron chi connectivity index (χ3n) is 17.3. The highest BCUT2D eigenvalue weighted by molar-refractivity contribution is 6.04. The van der Waals surface area contributed by atoms with E-state index in [1.807, 2.05) is 255 Å². The van der Waals surface area contributed by atoms with Gasteiger partial charge < -0.3 is 13.8 Å². The molecular weight excluding hydrogens is 1450 g/mol. The number of ether oxygens (including phenoxy) is 1. The van der Waals surface area contributed by atoms with Gasteiger partial charge in [0.25, 0.3) is 0 Å². The third kappa shape index (κ3) is 42.2. The van der Waals surface area contributed by atoms with Gasteiger partial charge in [-0.15, -0.1) is 0 Å². The zero-order chi connectivity index (χ0) is 89.3. The Bertz CT molecular complexity index is 4230. The number of para-hydroxylation sites is 1. The molecule has 638 valence electrons. The molecule has 5 aromatic heterocycles. The molecule has 9 nitrogen and oxygen atoms in total. The normalized spacial score (nSPS) is 10.3. The Morgan fingerprint density at radius 3 is 0.916 bits per heavy atom.